The third-order valence-electron chi connectivity index (χ3n) is 6.13. The van der Waals surface area contributed by atoms with Crippen molar-refractivity contribution in [3.63, 3.8) is 0 Å². The lowest BCUT2D eigenvalue weighted by Crippen LogP contribution is -2.38. The van der Waals surface area contributed by atoms with Gasteiger partial charge in [-0.15, -0.1) is 0 Å². The molecule has 2 N–H and O–H groups in total. The predicted molar refractivity (Wildman–Crippen MR) is 110 cm³/mol. The van der Waals surface area contributed by atoms with Crippen molar-refractivity contribution in [1.82, 2.24) is 24.9 Å². The summed E-state index contributed by atoms with van der Waals surface area (Å²) in [4.78, 5) is 24.9. The summed E-state index contributed by atoms with van der Waals surface area (Å²) in [5.74, 6) is -0.293. The van der Waals surface area contributed by atoms with Crippen molar-refractivity contribution in [2.45, 2.75) is 83.3 Å². The number of rotatable bonds is 6. The van der Waals surface area contributed by atoms with Gasteiger partial charge in [0, 0.05) is 12.2 Å². The van der Waals surface area contributed by atoms with E-state index in [0.29, 0.717) is 11.6 Å². The Labute approximate surface area is 171 Å². The maximum absolute atomic E-state index is 12.6. The first kappa shape index (κ1) is 19.7. The van der Waals surface area contributed by atoms with Gasteiger partial charge in [-0.1, -0.05) is 32.1 Å². The van der Waals surface area contributed by atoms with Crippen LogP contribution in [-0.2, 0) is 11.3 Å². The van der Waals surface area contributed by atoms with Crippen LogP contribution in [0.4, 0.5) is 5.69 Å². The first-order valence-corrected chi connectivity index (χ1v) is 10.8. The second-order valence-corrected chi connectivity index (χ2v) is 8.31. The molecule has 0 saturated heterocycles. The van der Waals surface area contributed by atoms with E-state index >= 15 is 0 Å². The van der Waals surface area contributed by atoms with Crippen LogP contribution in [-0.4, -0.2) is 37.4 Å². The Hall–Kier alpha value is -2.64. The summed E-state index contributed by atoms with van der Waals surface area (Å²) in [6.45, 7) is 2.11. The molecule has 2 aromatic heterocycles. The molecule has 2 heterocycles. The summed E-state index contributed by atoms with van der Waals surface area (Å²) in [5, 5.41) is 14.6. The summed E-state index contributed by atoms with van der Waals surface area (Å²) in [6, 6.07) is 0.708. The average Bonchev–Trinajstić information content (AvgIpc) is 3.45. The first-order chi connectivity index (χ1) is 14.1. The van der Waals surface area contributed by atoms with Crippen LogP contribution < -0.4 is 10.6 Å². The van der Waals surface area contributed by atoms with Gasteiger partial charge in [0.2, 0.25) is 5.91 Å². The van der Waals surface area contributed by atoms with Crippen LogP contribution in [0.5, 0.6) is 0 Å². The van der Waals surface area contributed by atoms with E-state index in [0.717, 1.165) is 37.1 Å². The van der Waals surface area contributed by atoms with Crippen LogP contribution in [0.1, 0.15) is 79.9 Å². The highest BCUT2D eigenvalue weighted by atomic mass is 16.2. The topological polar surface area (TPSA) is 93.8 Å². The number of hydrogen-bond acceptors (Lipinski definition) is 4. The molecule has 0 bridgehead atoms. The number of aromatic nitrogens is 4. The van der Waals surface area contributed by atoms with Gasteiger partial charge in [0.05, 0.1) is 35.4 Å². The van der Waals surface area contributed by atoms with Crippen molar-refractivity contribution in [3.05, 3.63) is 29.8 Å². The van der Waals surface area contributed by atoms with Crippen LogP contribution in [0.15, 0.2) is 18.6 Å². The Morgan fingerprint density at radius 1 is 1.03 bits per heavy atom. The zero-order valence-corrected chi connectivity index (χ0v) is 17.1. The van der Waals surface area contributed by atoms with Gasteiger partial charge in [0.25, 0.3) is 5.91 Å². The predicted octanol–water partition coefficient (Wildman–Crippen LogP) is 3.20. The Morgan fingerprint density at radius 2 is 1.76 bits per heavy atom. The lowest BCUT2D eigenvalue weighted by molar-refractivity contribution is -0.122. The lowest BCUT2D eigenvalue weighted by Gasteiger charge is -2.22. The molecule has 4 rings (SSSR count). The molecule has 156 valence electrons. The molecule has 8 nitrogen and oxygen atoms in total. The molecule has 0 atom stereocenters. The average molecular weight is 399 g/mol. The molecule has 0 aliphatic heterocycles. The maximum Gasteiger partial charge on any atom is 0.258 e. The molecule has 0 aromatic carbocycles. The van der Waals surface area contributed by atoms with Crippen molar-refractivity contribution in [3.8, 4) is 0 Å². The molecule has 2 aromatic rings. The van der Waals surface area contributed by atoms with Crippen LogP contribution in [0.3, 0.4) is 0 Å². The molecule has 2 amide bonds. The SMILES string of the molecule is Cc1c(NC(=O)c2cnn(CC(=O)NC3CCCCC3)c2)cnn1C1CCCC1. The van der Waals surface area contributed by atoms with Gasteiger partial charge >= 0.3 is 0 Å². The number of nitrogens with one attached hydrogen (secondary N) is 2. The summed E-state index contributed by atoms with van der Waals surface area (Å²) >= 11 is 0. The summed E-state index contributed by atoms with van der Waals surface area (Å²) in [6.07, 6.45) is 15.3. The number of anilines is 1. The quantitative estimate of drug-likeness (QED) is 0.781. The smallest absolute Gasteiger partial charge is 0.258 e. The monoisotopic (exact) mass is 398 g/mol. The van der Waals surface area contributed by atoms with Gasteiger partial charge in [-0.25, -0.2) is 0 Å². The fourth-order valence-electron chi connectivity index (χ4n) is 4.49. The van der Waals surface area contributed by atoms with Crippen LogP contribution in [0.2, 0.25) is 0 Å². The minimum absolute atomic E-state index is 0.0550. The van der Waals surface area contributed by atoms with E-state index in [9.17, 15) is 9.59 Å². The Morgan fingerprint density at radius 3 is 2.52 bits per heavy atom. The fourth-order valence-corrected chi connectivity index (χ4v) is 4.49. The first-order valence-electron chi connectivity index (χ1n) is 10.8. The fraction of sp³-hybridized carbons (Fsp3) is 0.619. The standard InChI is InChI=1S/C21H30N6O2/c1-15-19(12-23-27(15)18-9-5-6-10-18)25-21(29)16-11-22-26(13-16)14-20(28)24-17-7-3-2-4-8-17/h11-13,17-18H,2-10,14H2,1H3,(H,24,28)(H,25,29). The molecule has 0 unspecified atom stereocenters. The summed E-state index contributed by atoms with van der Waals surface area (Å²) in [7, 11) is 0. The maximum atomic E-state index is 12.6. The number of carbonyl (C=O) groups is 2. The van der Waals surface area contributed by atoms with Crippen molar-refractivity contribution in [2.75, 3.05) is 5.32 Å². The number of nitrogens with zero attached hydrogens (tertiary/aromatic N) is 4. The van der Waals surface area contributed by atoms with Crippen molar-refractivity contribution in [1.29, 1.82) is 0 Å². The van der Waals surface area contributed by atoms with E-state index in [1.165, 1.54) is 43.0 Å². The minimum atomic E-state index is -0.238. The molecule has 0 spiro atoms. The Kier molecular flexibility index (Phi) is 5.97. The molecular formula is C21H30N6O2. The minimum Gasteiger partial charge on any atom is -0.352 e. The molecule has 2 saturated carbocycles. The van der Waals surface area contributed by atoms with Gasteiger partial charge in [-0.05, 0) is 32.6 Å². The molecule has 29 heavy (non-hydrogen) atoms. The van der Waals surface area contributed by atoms with Crippen molar-refractivity contribution in [2.24, 2.45) is 0 Å². The van der Waals surface area contributed by atoms with E-state index in [1.54, 1.807) is 12.4 Å². The third-order valence-corrected chi connectivity index (χ3v) is 6.13. The van der Waals surface area contributed by atoms with E-state index in [-0.39, 0.29) is 24.4 Å². The molecular weight excluding hydrogens is 368 g/mol. The van der Waals surface area contributed by atoms with E-state index < -0.39 is 0 Å². The van der Waals surface area contributed by atoms with E-state index in [1.807, 2.05) is 11.6 Å². The highest BCUT2D eigenvalue weighted by Crippen LogP contribution is 2.31. The summed E-state index contributed by atoms with van der Waals surface area (Å²) < 4.78 is 3.55. The molecule has 2 aliphatic carbocycles. The number of hydrogen-bond donors (Lipinski definition) is 2. The number of carbonyl (C=O) groups excluding carboxylic acids is 2. The summed E-state index contributed by atoms with van der Waals surface area (Å²) in [5.41, 5.74) is 2.14. The highest BCUT2D eigenvalue weighted by Gasteiger charge is 2.21. The van der Waals surface area contributed by atoms with Gasteiger partial charge < -0.3 is 10.6 Å². The molecule has 0 radical (unpaired) electrons. The zero-order chi connectivity index (χ0) is 20.2. The molecule has 8 heteroatoms. The van der Waals surface area contributed by atoms with Gasteiger partial charge in [-0.3, -0.25) is 19.0 Å². The second-order valence-electron chi connectivity index (χ2n) is 8.31. The Balaban J connectivity index is 1.33. The highest BCUT2D eigenvalue weighted by molar-refractivity contribution is 6.04. The van der Waals surface area contributed by atoms with Gasteiger partial charge in [0.15, 0.2) is 0 Å². The van der Waals surface area contributed by atoms with E-state index in [2.05, 4.69) is 20.8 Å². The molecule has 2 aliphatic rings. The lowest BCUT2D eigenvalue weighted by atomic mass is 9.95. The second kappa shape index (κ2) is 8.80. The van der Waals surface area contributed by atoms with Crippen LogP contribution >= 0.6 is 0 Å². The largest absolute Gasteiger partial charge is 0.352 e. The number of amides is 2. The van der Waals surface area contributed by atoms with Crippen LogP contribution in [0.25, 0.3) is 0 Å². The Bertz CT molecular complexity index is 858. The van der Waals surface area contributed by atoms with Crippen molar-refractivity contribution < 1.29 is 9.59 Å². The van der Waals surface area contributed by atoms with Crippen molar-refractivity contribution >= 4 is 17.5 Å². The van der Waals surface area contributed by atoms with Crippen LogP contribution in [0, 0.1) is 6.92 Å². The van der Waals surface area contributed by atoms with Gasteiger partial charge in [0.1, 0.15) is 6.54 Å². The third kappa shape index (κ3) is 4.68. The van der Waals surface area contributed by atoms with E-state index in [4.69, 9.17) is 0 Å². The molecule has 2 fully saturated rings. The normalized spacial score (nSPS) is 18.1. The van der Waals surface area contributed by atoms with Gasteiger partial charge in [-0.2, -0.15) is 10.2 Å². The zero-order valence-electron chi connectivity index (χ0n) is 17.1.